The van der Waals surface area contributed by atoms with Gasteiger partial charge in [-0.2, -0.15) is 0 Å². The molecule has 0 aromatic rings. The Morgan fingerprint density at radius 1 is 0.944 bits per heavy atom. The second-order valence-corrected chi connectivity index (χ2v) is 4.20. The molecule has 0 saturated carbocycles. The van der Waals surface area contributed by atoms with Crippen LogP contribution in [0.5, 0.6) is 0 Å². The van der Waals surface area contributed by atoms with E-state index in [9.17, 15) is 9.59 Å². The summed E-state index contributed by atoms with van der Waals surface area (Å²) in [5.41, 5.74) is 0. The quantitative estimate of drug-likeness (QED) is 0.539. The lowest BCUT2D eigenvalue weighted by atomic mass is 10.0. The SMILES string of the molecule is COCCNC(=O)CC(C)CC(=O)NCCOC. The van der Waals surface area contributed by atoms with Gasteiger partial charge in [0.1, 0.15) is 0 Å². The summed E-state index contributed by atoms with van der Waals surface area (Å²) in [4.78, 5) is 22.9. The van der Waals surface area contributed by atoms with E-state index < -0.39 is 0 Å². The van der Waals surface area contributed by atoms with E-state index in [1.165, 1.54) is 0 Å². The highest BCUT2D eigenvalue weighted by molar-refractivity contribution is 5.79. The molecule has 6 nitrogen and oxygen atoms in total. The Labute approximate surface area is 108 Å². The Morgan fingerprint density at radius 3 is 1.67 bits per heavy atom. The molecule has 2 amide bonds. The summed E-state index contributed by atoms with van der Waals surface area (Å²) in [6.07, 6.45) is 0.697. The maximum atomic E-state index is 11.5. The summed E-state index contributed by atoms with van der Waals surface area (Å²) in [6, 6.07) is 0. The van der Waals surface area contributed by atoms with Crippen LogP contribution in [0, 0.1) is 5.92 Å². The number of carbonyl (C=O) groups is 2. The minimum absolute atomic E-state index is 0.0232. The molecule has 0 aromatic carbocycles. The highest BCUT2D eigenvalue weighted by atomic mass is 16.5. The molecule has 0 rings (SSSR count). The normalized spacial score (nSPS) is 10.4. The van der Waals surface area contributed by atoms with Gasteiger partial charge in [-0.3, -0.25) is 9.59 Å². The van der Waals surface area contributed by atoms with Crippen LogP contribution in [0.1, 0.15) is 19.8 Å². The summed E-state index contributed by atoms with van der Waals surface area (Å²) in [5.74, 6) is -0.0800. The van der Waals surface area contributed by atoms with Gasteiger partial charge >= 0.3 is 0 Å². The van der Waals surface area contributed by atoms with Gasteiger partial charge in [0.15, 0.2) is 0 Å². The number of methoxy groups -OCH3 is 2. The molecule has 0 aliphatic heterocycles. The highest BCUT2D eigenvalue weighted by Crippen LogP contribution is 2.06. The van der Waals surface area contributed by atoms with E-state index in [4.69, 9.17) is 9.47 Å². The summed E-state index contributed by atoms with van der Waals surface area (Å²) in [6.45, 7) is 3.88. The standard InChI is InChI=1S/C12H24N2O4/c1-10(8-11(15)13-4-6-17-2)9-12(16)14-5-7-18-3/h10H,4-9H2,1-3H3,(H,13,15)(H,14,16). The maximum absolute atomic E-state index is 11.5. The van der Waals surface area contributed by atoms with Gasteiger partial charge in [-0.1, -0.05) is 6.92 Å². The molecular weight excluding hydrogens is 236 g/mol. The van der Waals surface area contributed by atoms with Crippen LogP contribution in [0.3, 0.4) is 0 Å². The molecule has 0 heterocycles. The van der Waals surface area contributed by atoms with Crippen molar-refractivity contribution in [1.29, 1.82) is 0 Å². The zero-order valence-electron chi connectivity index (χ0n) is 11.5. The number of nitrogens with one attached hydrogen (secondary N) is 2. The number of rotatable bonds is 10. The highest BCUT2D eigenvalue weighted by Gasteiger charge is 2.12. The predicted octanol–water partition coefficient (Wildman–Crippen LogP) is -0.0721. The zero-order chi connectivity index (χ0) is 13.8. The van der Waals surface area contributed by atoms with Crippen LogP contribution in [0.15, 0.2) is 0 Å². The van der Waals surface area contributed by atoms with Crippen molar-refractivity contribution in [3.05, 3.63) is 0 Å². The second kappa shape index (κ2) is 11.0. The molecule has 0 fully saturated rings. The van der Waals surface area contributed by atoms with Crippen molar-refractivity contribution in [2.45, 2.75) is 19.8 Å². The van der Waals surface area contributed by atoms with Crippen molar-refractivity contribution in [3.8, 4) is 0 Å². The van der Waals surface area contributed by atoms with Gasteiger partial charge in [0, 0.05) is 40.2 Å². The number of hydrogen-bond acceptors (Lipinski definition) is 4. The van der Waals surface area contributed by atoms with Crippen molar-refractivity contribution in [2.75, 3.05) is 40.5 Å². The van der Waals surface area contributed by atoms with Gasteiger partial charge < -0.3 is 20.1 Å². The molecule has 6 heteroatoms. The first-order valence-electron chi connectivity index (χ1n) is 6.11. The third-order valence-electron chi connectivity index (χ3n) is 2.32. The Morgan fingerprint density at radius 2 is 1.33 bits per heavy atom. The lowest BCUT2D eigenvalue weighted by Crippen LogP contribution is -2.31. The first kappa shape index (κ1) is 16.9. The van der Waals surface area contributed by atoms with Gasteiger partial charge in [0.25, 0.3) is 0 Å². The fraction of sp³-hybridized carbons (Fsp3) is 0.833. The molecule has 0 unspecified atom stereocenters. The number of amides is 2. The fourth-order valence-electron chi connectivity index (χ4n) is 1.43. The smallest absolute Gasteiger partial charge is 0.220 e. The van der Waals surface area contributed by atoms with Crippen molar-refractivity contribution in [3.63, 3.8) is 0 Å². The summed E-state index contributed by atoms with van der Waals surface area (Å²) >= 11 is 0. The van der Waals surface area contributed by atoms with E-state index in [-0.39, 0.29) is 17.7 Å². The Balaban J connectivity index is 3.64. The van der Waals surface area contributed by atoms with Gasteiger partial charge in [-0.15, -0.1) is 0 Å². The Hall–Kier alpha value is -1.14. The molecule has 106 valence electrons. The van der Waals surface area contributed by atoms with Crippen LogP contribution < -0.4 is 10.6 Å². The molecule has 0 spiro atoms. The van der Waals surface area contributed by atoms with Gasteiger partial charge in [-0.25, -0.2) is 0 Å². The predicted molar refractivity (Wildman–Crippen MR) is 68.2 cm³/mol. The molecule has 0 bridgehead atoms. The van der Waals surface area contributed by atoms with Crippen LogP contribution in [0.2, 0.25) is 0 Å². The Bertz CT molecular complexity index is 222. The Kier molecular flexibility index (Phi) is 10.3. The van der Waals surface area contributed by atoms with E-state index >= 15 is 0 Å². The van der Waals surface area contributed by atoms with Crippen LogP contribution in [-0.4, -0.2) is 52.3 Å². The molecule has 0 radical (unpaired) electrons. The summed E-state index contributed by atoms with van der Waals surface area (Å²) in [5, 5.41) is 5.45. The monoisotopic (exact) mass is 260 g/mol. The number of carbonyl (C=O) groups excluding carboxylic acids is 2. The minimum atomic E-state index is -0.0516. The average Bonchev–Trinajstić information content (AvgIpc) is 2.29. The van der Waals surface area contributed by atoms with E-state index in [1.807, 2.05) is 6.92 Å². The topological polar surface area (TPSA) is 76.7 Å². The van der Waals surface area contributed by atoms with Crippen LogP contribution in [-0.2, 0) is 19.1 Å². The molecule has 2 N–H and O–H groups in total. The molecule has 0 aliphatic rings. The maximum Gasteiger partial charge on any atom is 0.220 e. The largest absolute Gasteiger partial charge is 0.383 e. The van der Waals surface area contributed by atoms with Gasteiger partial charge in [-0.05, 0) is 5.92 Å². The molecular formula is C12H24N2O4. The molecule has 0 aliphatic carbocycles. The van der Waals surface area contributed by atoms with Gasteiger partial charge in [0.2, 0.25) is 11.8 Å². The lowest BCUT2D eigenvalue weighted by molar-refractivity contribution is -0.124. The van der Waals surface area contributed by atoms with Crippen molar-refractivity contribution in [1.82, 2.24) is 10.6 Å². The first-order chi connectivity index (χ1) is 8.60. The number of ether oxygens (including phenoxy) is 2. The van der Waals surface area contributed by atoms with E-state index in [2.05, 4.69) is 10.6 Å². The second-order valence-electron chi connectivity index (χ2n) is 4.20. The fourth-order valence-corrected chi connectivity index (χ4v) is 1.43. The van der Waals surface area contributed by atoms with Gasteiger partial charge in [0.05, 0.1) is 13.2 Å². The summed E-state index contributed by atoms with van der Waals surface area (Å²) in [7, 11) is 3.16. The van der Waals surface area contributed by atoms with E-state index in [0.717, 1.165) is 0 Å². The zero-order valence-corrected chi connectivity index (χ0v) is 11.5. The van der Waals surface area contributed by atoms with Crippen LogP contribution in [0.25, 0.3) is 0 Å². The molecule has 0 saturated heterocycles. The lowest BCUT2D eigenvalue weighted by Gasteiger charge is -2.11. The molecule has 0 atom stereocenters. The first-order valence-corrected chi connectivity index (χ1v) is 6.11. The average molecular weight is 260 g/mol. The van der Waals surface area contributed by atoms with E-state index in [0.29, 0.717) is 39.1 Å². The molecule has 18 heavy (non-hydrogen) atoms. The van der Waals surface area contributed by atoms with Crippen molar-refractivity contribution < 1.29 is 19.1 Å². The van der Waals surface area contributed by atoms with Crippen molar-refractivity contribution >= 4 is 11.8 Å². The minimum Gasteiger partial charge on any atom is -0.383 e. The molecule has 0 aromatic heterocycles. The van der Waals surface area contributed by atoms with Crippen LogP contribution >= 0.6 is 0 Å². The third kappa shape index (κ3) is 10.0. The summed E-state index contributed by atoms with van der Waals surface area (Å²) < 4.78 is 9.65. The van der Waals surface area contributed by atoms with Crippen molar-refractivity contribution in [2.24, 2.45) is 5.92 Å². The third-order valence-corrected chi connectivity index (χ3v) is 2.32. The van der Waals surface area contributed by atoms with E-state index in [1.54, 1.807) is 14.2 Å². The van der Waals surface area contributed by atoms with Crippen LogP contribution in [0.4, 0.5) is 0 Å². The number of hydrogen-bond donors (Lipinski definition) is 2.